The zero-order valence-corrected chi connectivity index (χ0v) is 44.6. The Morgan fingerprint density at radius 2 is 1.36 bits per heavy atom. The number of nitrogens with one attached hydrogen (secondary N) is 2. The minimum absolute atomic E-state index is 0.0980. The van der Waals surface area contributed by atoms with Crippen molar-refractivity contribution in [1.82, 2.24) is 23.7 Å². The third-order valence-electron chi connectivity index (χ3n) is 10.9. The first-order chi connectivity index (χ1) is 34.6. The average molecular weight is 1110 g/mol. The van der Waals surface area contributed by atoms with E-state index in [2.05, 4.69) is 55.7 Å². The fourth-order valence-corrected chi connectivity index (χ4v) is 14.0. The van der Waals surface area contributed by atoms with Crippen LogP contribution in [0.25, 0.3) is 20.4 Å². The summed E-state index contributed by atoms with van der Waals surface area (Å²) in [6.07, 6.45) is 0. The van der Waals surface area contributed by atoms with Gasteiger partial charge in [0.05, 0.1) is 62.0 Å². The first-order valence-electron chi connectivity index (χ1n) is 21.3. The van der Waals surface area contributed by atoms with Crippen LogP contribution in [0.3, 0.4) is 0 Å². The second kappa shape index (κ2) is 20.6. The highest BCUT2D eigenvalue weighted by Crippen LogP contribution is 2.50. The number of fused-ring (bicyclic) bond motifs is 8. The predicted octanol–water partition coefficient (Wildman–Crippen LogP) is 11.7. The highest BCUT2D eigenvalue weighted by Gasteiger charge is 2.29. The van der Waals surface area contributed by atoms with Gasteiger partial charge in [-0.3, -0.25) is 9.11 Å². The molecule has 1 aliphatic heterocycles. The lowest BCUT2D eigenvalue weighted by Crippen LogP contribution is -2.22. The van der Waals surface area contributed by atoms with Crippen molar-refractivity contribution >= 4 is 160 Å². The van der Waals surface area contributed by atoms with E-state index in [1.54, 1.807) is 26.4 Å². The van der Waals surface area contributed by atoms with Gasteiger partial charge in [0.15, 0.2) is 35.1 Å². The molecule has 72 heavy (non-hydrogen) atoms. The van der Waals surface area contributed by atoms with Crippen LogP contribution in [-0.4, -0.2) is 97.7 Å². The number of benzene rings is 3. The number of nitrogens with zero attached hydrogens (tertiary/aromatic N) is 11. The summed E-state index contributed by atoms with van der Waals surface area (Å²) < 4.78 is 99.3. The molecule has 0 unspecified atom stereocenters. The lowest BCUT2D eigenvalue weighted by atomic mass is 10.1. The molecule has 30 heteroatoms. The van der Waals surface area contributed by atoms with E-state index in [1.807, 2.05) is 51.1 Å². The molecule has 0 atom stereocenters. The number of hydrogen-bond acceptors (Lipinski definition) is 26. The van der Waals surface area contributed by atoms with Crippen LogP contribution in [0, 0.1) is 0 Å². The number of hydrogen-bond donors (Lipinski definition) is 4. The normalized spacial score (nSPS) is 13.0. The van der Waals surface area contributed by atoms with Crippen molar-refractivity contribution in [2.75, 3.05) is 68.5 Å². The van der Waals surface area contributed by atoms with Gasteiger partial charge >= 0.3 is 20.2 Å². The summed E-state index contributed by atoms with van der Waals surface area (Å²) in [6, 6.07) is 15.2. The number of anilines is 7. The first-order valence-corrected chi connectivity index (χ1v) is 28.3. The Bertz CT molecular complexity index is 3670. The standard InChI is InChI=1S/C42H41N13O10S7/c1-8-54(9-2)26-15-22(24(17-28(26)62-4)48-50-34-30-32(64-6)38(71(56,57)58)67-36(30)52-69-34)43-40-45-41-44-23-16-27(55(10-3)21-13-11-12-20(14-21)19-66-42(46-40)47-41)29(63-5)18-25(23)49-51-35-31-33(65-7)39(72(59,60)61)68-37(31)53-70-35/h11-18H,8-10,19H2,1-7H3,(H,56,57,58)(H,59,60,61)(H2,43,44,45,46,47)/b50-48+,51-49+. The Hall–Kier alpha value is -6.38. The highest BCUT2D eigenvalue weighted by atomic mass is 32.3. The fraction of sp³-hybridized carbons (Fsp3) is 0.262. The van der Waals surface area contributed by atoms with Gasteiger partial charge in [0, 0.05) is 43.2 Å². The number of thioether (sulfide) groups is 1. The van der Waals surface area contributed by atoms with Gasteiger partial charge in [0.1, 0.15) is 32.5 Å². The monoisotopic (exact) mass is 1110 g/mol. The maximum Gasteiger partial charge on any atom is 0.307 e. The van der Waals surface area contributed by atoms with Gasteiger partial charge < -0.3 is 39.4 Å². The molecule has 3 aromatic carbocycles. The fourth-order valence-electron chi connectivity index (χ4n) is 7.64. The molecule has 0 saturated heterocycles. The van der Waals surface area contributed by atoms with E-state index < -0.39 is 28.7 Å². The number of ether oxygens (including phenoxy) is 4. The lowest BCUT2D eigenvalue weighted by molar-refractivity contribution is 0.406. The predicted molar refractivity (Wildman–Crippen MR) is 281 cm³/mol. The SMILES string of the molecule is CCN(CC)c1cc(Nc2nc3nc(n2)SCc2cccc(c2)N(CC)c2cc(c(/N=N/c4snc5sc(S(=O)(=O)O)c(OC)c45)cc2OC)N3)c(/N=N/c2snc3sc(S(=O)(=O)O)c(OC)c23)cc1OC. The summed E-state index contributed by atoms with van der Waals surface area (Å²) in [5, 5.41) is 26.3. The molecule has 9 rings (SSSR count). The summed E-state index contributed by atoms with van der Waals surface area (Å²) in [7, 11) is -3.59. The maximum atomic E-state index is 12.2. The molecule has 6 bridgehead atoms. The number of rotatable bonds is 16. The van der Waals surface area contributed by atoms with Crippen LogP contribution in [0.15, 0.2) is 82.6 Å². The third-order valence-corrected chi connectivity index (χ3v) is 18.3. The first kappa shape index (κ1) is 50.6. The summed E-state index contributed by atoms with van der Waals surface area (Å²) >= 11 is 4.82. The second-order valence-electron chi connectivity index (χ2n) is 15.0. The molecular weight excluding hydrogens is 1070 g/mol. The average Bonchev–Trinajstić information content (AvgIpc) is 4.14. The highest BCUT2D eigenvalue weighted by molar-refractivity contribution is 7.98. The van der Waals surface area contributed by atoms with Gasteiger partial charge in [-0.15, -0.1) is 20.5 Å². The molecule has 1 aliphatic rings. The number of aromatic nitrogens is 5. The molecule has 0 fully saturated rings. The van der Waals surface area contributed by atoms with E-state index in [0.717, 1.165) is 62.7 Å². The largest absolute Gasteiger partial charge is 0.494 e. The maximum absolute atomic E-state index is 12.2. The lowest BCUT2D eigenvalue weighted by Gasteiger charge is -2.26. The van der Waals surface area contributed by atoms with Crippen LogP contribution in [0.1, 0.15) is 26.3 Å². The molecule has 4 N–H and O–H groups in total. The number of methoxy groups -OCH3 is 4. The van der Waals surface area contributed by atoms with Crippen molar-refractivity contribution < 1.29 is 44.9 Å². The Morgan fingerprint density at radius 1 is 0.750 bits per heavy atom. The molecule has 0 spiro atoms. The Morgan fingerprint density at radius 3 is 1.93 bits per heavy atom. The van der Waals surface area contributed by atoms with Crippen LogP contribution < -0.4 is 39.4 Å². The Kier molecular flexibility index (Phi) is 14.5. The van der Waals surface area contributed by atoms with E-state index in [0.29, 0.717) is 59.1 Å². The van der Waals surface area contributed by atoms with E-state index in [1.165, 1.54) is 26.0 Å². The van der Waals surface area contributed by atoms with E-state index in [4.69, 9.17) is 33.9 Å². The van der Waals surface area contributed by atoms with Crippen LogP contribution in [0.4, 0.5) is 61.7 Å². The minimum Gasteiger partial charge on any atom is -0.494 e. The van der Waals surface area contributed by atoms with Gasteiger partial charge in [-0.25, -0.2) is 0 Å². The van der Waals surface area contributed by atoms with Crippen LogP contribution in [0.2, 0.25) is 0 Å². The van der Waals surface area contributed by atoms with Crippen molar-refractivity contribution in [3.63, 3.8) is 0 Å². The van der Waals surface area contributed by atoms with Crippen molar-refractivity contribution in [2.24, 2.45) is 20.5 Å². The van der Waals surface area contributed by atoms with Crippen molar-refractivity contribution in [2.45, 2.75) is 40.1 Å². The molecule has 6 heterocycles. The molecule has 376 valence electrons. The molecule has 5 aromatic heterocycles. The van der Waals surface area contributed by atoms with E-state index >= 15 is 0 Å². The smallest absolute Gasteiger partial charge is 0.307 e. The summed E-state index contributed by atoms with van der Waals surface area (Å²) in [5.41, 5.74) is 4.66. The van der Waals surface area contributed by atoms with Gasteiger partial charge in [0.2, 0.25) is 11.9 Å². The van der Waals surface area contributed by atoms with E-state index in [9.17, 15) is 25.9 Å². The second-order valence-corrected chi connectivity index (χ2v) is 22.7. The molecular formula is C42H41N13O10S7. The molecule has 0 radical (unpaired) electrons. The minimum atomic E-state index is -4.63. The van der Waals surface area contributed by atoms with Gasteiger partial charge in [-0.1, -0.05) is 46.6 Å². The topological polar surface area (TPSA) is 290 Å². The molecule has 0 aliphatic carbocycles. The quantitative estimate of drug-likeness (QED) is 0.0516. The zero-order valence-electron chi connectivity index (χ0n) is 38.9. The van der Waals surface area contributed by atoms with Crippen molar-refractivity contribution in [3.8, 4) is 23.0 Å². The molecule has 0 saturated carbocycles. The molecule has 0 amide bonds. The van der Waals surface area contributed by atoms with Crippen LogP contribution in [-0.2, 0) is 26.0 Å². The Labute approximate surface area is 431 Å². The van der Waals surface area contributed by atoms with E-state index in [-0.39, 0.29) is 65.2 Å². The van der Waals surface area contributed by atoms with Crippen molar-refractivity contribution in [3.05, 3.63) is 54.1 Å². The zero-order chi connectivity index (χ0) is 51.1. The number of thiophene rings is 2. The number of azo groups is 2. The summed E-state index contributed by atoms with van der Waals surface area (Å²) in [4.78, 5) is 19.3. The van der Waals surface area contributed by atoms with Gasteiger partial charge in [-0.2, -0.15) is 40.5 Å². The van der Waals surface area contributed by atoms with Crippen molar-refractivity contribution in [1.29, 1.82) is 0 Å². The van der Waals surface area contributed by atoms with Crippen LogP contribution >= 0.6 is 57.5 Å². The van der Waals surface area contributed by atoms with Gasteiger partial charge in [0.25, 0.3) is 0 Å². The molecule has 8 aromatic rings. The summed E-state index contributed by atoms with van der Waals surface area (Å²) in [6.45, 7) is 7.89. The Balaban J connectivity index is 1.18. The van der Waals surface area contributed by atoms with Crippen LogP contribution in [0.5, 0.6) is 23.0 Å². The third kappa shape index (κ3) is 9.92. The van der Waals surface area contributed by atoms with Gasteiger partial charge in [-0.05, 0) is 73.7 Å². The molecule has 23 nitrogen and oxygen atoms in total. The summed E-state index contributed by atoms with van der Waals surface area (Å²) in [5.74, 6) is 1.46.